The van der Waals surface area contributed by atoms with Crippen molar-refractivity contribution in [3.05, 3.63) is 71.3 Å². The van der Waals surface area contributed by atoms with E-state index < -0.39 is 0 Å². The van der Waals surface area contributed by atoms with Crippen LogP contribution in [0.5, 0.6) is 5.75 Å². The molecule has 1 fully saturated rings. The van der Waals surface area contributed by atoms with Crippen LogP contribution in [0.15, 0.2) is 55.1 Å². The van der Waals surface area contributed by atoms with Gasteiger partial charge in [0, 0.05) is 36.4 Å². The Kier molecular flexibility index (Phi) is 6.65. The number of anilines is 1. The molecule has 0 atom stereocenters. The van der Waals surface area contributed by atoms with Gasteiger partial charge < -0.3 is 19.6 Å². The summed E-state index contributed by atoms with van der Waals surface area (Å²) in [7, 11) is 1.56. The molecule has 3 aromatic heterocycles. The Balaban J connectivity index is 1.27. The molecule has 0 unspecified atom stereocenters. The molecule has 1 saturated carbocycles. The fourth-order valence-corrected chi connectivity index (χ4v) is 5.04. The summed E-state index contributed by atoms with van der Waals surface area (Å²) in [5.41, 5.74) is 4.51. The van der Waals surface area contributed by atoms with E-state index in [9.17, 15) is 5.11 Å². The second-order valence-corrected chi connectivity index (χ2v) is 9.27. The van der Waals surface area contributed by atoms with Crippen LogP contribution >= 0.6 is 11.6 Å². The number of imidazole rings is 1. The van der Waals surface area contributed by atoms with Gasteiger partial charge in [-0.05, 0) is 79.5 Å². The van der Waals surface area contributed by atoms with Gasteiger partial charge >= 0.3 is 0 Å². The highest BCUT2D eigenvalue weighted by Crippen LogP contribution is 2.34. The lowest BCUT2D eigenvalue weighted by molar-refractivity contribution is 0.281. The number of fused-ring (bicyclic) bond motifs is 1. The largest absolute Gasteiger partial charge is 0.495 e. The fraction of sp³-hybridized carbons (Fsp3) is 0.346. The summed E-state index contributed by atoms with van der Waals surface area (Å²) in [6.45, 7) is -0.115. The van der Waals surface area contributed by atoms with Crippen LogP contribution in [0.25, 0.3) is 16.9 Å². The van der Waals surface area contributed by atoms with Crippen molar-refractivity contribution in [2.24, 2.45) is 5.92 Å². The van der Waals surface area contributed by atoms with Crippen molar-refractivity contribution in [2.75, 3.05) is 12.4 Å². The van der Waals surface area contributed by atoms with Crippen molar-refractivity contribution in [1.82, 2.24) is 19.4 Å². The standard InChI is InChI=1S/C26H28ClN5O2/c1-34-24-13-19(16-33)21(14-22(24)27)23-15-32-10-7-18(12-25(32)31-23)11-17-3-5-20(6-4-17)30-26-28-8-2-9-29-26/h2,7-10,12-15,17,20,33H,3-6,11,16H2,1H3,(H,28,29,30). The molecule has 5 rings (SSSR count). The maximum absolute atomic E-state index is 9.85. The van der Waals surface area contributed by atoms with Gasteiger partial charge in [-0.2, -0.15) is 0 Å². The highest BCUT2D eigenvalue weighted by Gasteiger charge is 2.22. The number of rotatable bonds is 7. The quantitative estimate of drug-likeness (QED) is 0.382. The van der Waals surface area contributed by atoms with E-state index in [1.165, 1.54) is 18.4 Å². The Bertz CT molecular complexity index is 1270. The van der Waals surface area contributed by atoms with Crippen LogP contribution in [0.2, 0.25) is 5.02 Å². The summed E-state index contributed by atoms with van der Waals surface area (Å²) in [6, 6.07) is 10.2. The van der Waals surface area contributed by atoms with Crippen LogP contribution < -0.4 is 10.1 Å². The van der Waals surface area contributed by atoms with Gasteiger partial charge in [-0.3, -0.25) is 0 Å². The number of aliphatic hydroxyl groups is 1. The van der Waals surface area contributed by atoms with E-state index in [1.54, 1.807) is 25.6 Å². The fourth-order valence-electron chi connectivity index (χ4n) is 4.80. The molecule has 1 aromatic carbocycles. The van der Waals surface area contributed by atoms with Crippen LogP contribution in [-0.2, 0) is 13.0 Å². The lowest BCUT2D eigenvalue weighted by Crippen LogP contribution is -2.27. The van der Waals surface area contributed by atoms with Crippen molar-refractivity contribution in [3.63, 3.8) is 0 Å². The van der Waals surface area contributed by atoms with E-state index in [1.807, 2.05) is 22.7 Å². The number of methoxy groups -OCH3 is 1. The zero-order valence-electron chi connectivity index (χ0n) is 19.1. The topological polar surface area (TPSA) is 84.6 Å². The number of aromatic nitrogens is 4. The second-order valence-electron chi connectivity index (χ2n) is 8.87. The first-order valence-corrected chi connectivity index (χ1v) is 12.0. The number of ether oxygens (including phenoxy) is 1. The van der Waals surface area contributed by atoms with Crippen molar-refractivity contribution >= 4 is 23.2 Å². The molecule has 0 amide bonds. The van der Waals surface area contributed by atoms with E-state index in [0.717, 1.165) is 41.7 Å². The first-order valence-electron chi connectivity index (χ1n) is 11.6. The molecular formula is C26H28ClN5O2. The number of pyridine rings is 1. The summed E-state index contributed by atoms with van der Waals surface area (Å²) < 4.78 is 7.30. The highest BCUT2D eigenvalue weighted by molar-refractivity contribution is 6.32. The van der Waals surface area contributed by atoms with Gasteiger partial charge in [-0.1, -0.05) is 11.6 Å². The average Bonchev–Trinajstić information content (AvgIpc) is 3.29. The second kappa shape index (κ2) is 9.99. The van der Waals surface area contributed by atoms with Gasteiger partial charge in [0.2, 0.25) is 5.95 Å². The zero-order chi connectivity index (χ0) is 23.5. The number of nitrogens with zero attached hydrogens (tertiary/aromatic N) is 4. The number of nitrogens with one attached hydrogen (secondary N) is 1. The molecule has 0 bridgehead atoms. The van der Waals surface area contributed by atoms with E-state index >= 15 is 0 Å². The van der Waals surface area contributed by atoms with E-state index in [4.69, 9.17) is 21.3 Å². The van der Waals surface area contributed by atoms with Crippen LogP contribution in [0.4, 0.5) is 5.95 Å². The Labute approximate surface area is 203 Å². The van der Waals surface area contributed by atoms with Crippen LogP contribution in [0.1, 0.15) is 36.8 Å². The first-order chi connectivity index (χ1) is 16.6. The number of aliphatic hydroxyl groups excluding tert-OH is 1. The predicted octanol–water partition coefficient (Wildman–Crippen LogP) is 5.16. The Hall–Kier alpha value is -3.16. The molecule has 8 heteroatoms. The monoisotopic (exact) mass is 477 g/mol. The minimum atomic E-state index is -0.115. The molecular weight excluding hydrogens is 450 g/mol. The average molecular weight is 478 g/mol. The first kappa shape index (κ1) is 22.6. The van der Waals surface area contributed by atoms with Gasteiger partial charge in [0.25, 0.3) is 0 Å². The maximum atomic E-state index is 9.85. The lowest BCUT2D eigenvalue weighted by Gasteiger charge is -2.29. The minimum Gasteiger partial charge on any atom is -0.495 e. The Morgan fingerprint density at radius 3 is 2.68 bits per heavy atom. The smallest absolute Gasteiger partial charge is 0.222 e. The highest BCUT2D eigenvalue weighted by atomic mass is 35.5. The molecule has 0 saturated heterocycles. The lowest BCUT2D eigenvalue weighted by atomic mass is 9.82. The third kappa shape index (κ3) is 4.86. The molecule has 3 heterocycles. The molecule has 0 radical (unpaired) electrons. The van der Waals surface area contributed by atoms with Crippen LogP contribution in [0, 0.1) is 5.92 Å². The Morgan fingerprint density at radius 1 is 1.15 bits per heavy atom. The molecule has 2 N–H and O–H groups in total. The van der Waals surface area contributed by atoms with E-state index in [2.05, 4.69) is 33.6 Å². The van der Waals surface area contributed by atoms with Gasteiger partial charge in [-0.25, -0.2) is 15.0 Å². The third-order valence-electron chi connectivity index (χ3n) is 6.62. The summed E-state index contributed by atoms with van der Waals surface area (Å²) in [5.74, 6) is 1.92. The van der Waals surface area contributed by atoms with Crippen molar-refractivity contribution < 1.29 is 9.84 Å². The summed E-state index contributed by atoms with van der Waals surface area (Å²) in [5, 5.41) is 13.8. The minimum absolute atomic E-state index is 0.115. The number of halogens is 1. The van der Waals surface area contributed by atoms with Gasteiger partial charge in [-0.15, -0.1) is 0 Å². The van der Waals surface area contributed by atoms with E-state index in [0.29, 0.717) is 28.7 Å². The summed E-state index contributed by atoms with van der Waals surface area (Å²) >= 11 is 6.34. The SMILES string of the molecule is COc1cc(CO)c(-c2cn3ccc(CC4CCC(Nc5ncccn5)CC4)cc3n2)cc1Cl. The van der Waals surface area contributed by atoms with Crippen molar-refractivity contribution in [3.8, 4) is 17.0 Å². The molecule has 176 valence electrons. The molecule has 0 spiro atoms. The predicted molar refractivity (Wildman–Crippen MR) is 133 cm³/mol. The summed E-state index contributed by atoms with van der Waals surface area (Å²) in [4.78, 5) is 13.4. The number of hydrogen-bond acceptors (Lipinski definition) is 6. The number of hydrogen-bond donors (Lipinski definition) is 2. The number of benzene rings is 1. The zero-order valence-corrected chi connectivity index (χ0v) is 19.9. The summed E-state index contributed by atoms with van der Waals surface area (Å²) in [6.07, 6.45) is 13.2. The molecule has 7 nitrogen and oxygen atoms in total. The third-order valence-corrected chi connectivity index (χ3v) is 6.91. The van der Waals surface area contributed by atoms with Crippen molar-refractivity contribution in [2.45, 2.75) is 44.8 Å². The van der Waals surface area contributed by atoms with Gasteiger partial charge in [0.05, 0.1) is 24.4 Å². The van der Waals surface area contributed by atoms with Crippen LogP contribution in [0.3, 0.4) is 0 Å². The van der Waals surface area contributed by atoms with E-state index in [-0.39, 0.29) is 6.61 Å². The molecule has 0 aliphatic heterocycles. The molecule has 4 aromatic rings. The van der Waals surface area contributed by atoms with Crippen LogP contribution in [-0.4, -0.2) is 37.6 Å². The molecule has 34 heavy (non-hydrogen) atoms. The van der Waals surface area contributed by atoms with Gasteiger partial charge in [0.15, 0.2) is 0 Å². The molecule has 1 aliphatic carbocycles. The van der Waals surface area contributed by atoms with Crippen molar-refractivity contribution in [1.29, 1.82) is 0 Å². The maximum Gasteiger partial charge on any atom is 0.222 e. The normalized spacial score (nSPS) is 18.2. The Morgan fingerprint density at radius 2 is 1.94 bits per heavy atom. The molecule has 1 aliphatic rings. The van der Waals surface area contributed by atoms with Gasteiger partial charge in [0.1, 0.15) is 11.4 Å².